The highest BCUT2D eigenvalue weighted by molar-refractivity contribution is 7.09. The molecule has 0 spiro atoms. The third-order valence-corrected chi connectivity index (χ3v) is 4.13. The highest BCUT2D eigenvalue weighted by Crippen LogP contribution is 2.22. The van der Waals surface area contributed by atoms with Crippen LogP contribution in [0.3, 0.4) is 0 Å². The predicted molar refractivity (Wildman–Crippen MR) is 79.1 cm³/mol. The second-order valence-corrected chi connectivity index (χ2v) is 5.96. The van der Waals surface area contributed by atoms with Gasteiger partial charge in [-0.3, -0.25) is 0 Å². The second-order valence-electron chi connectivity index (χ2n) is 5.07. The van der Waals surface area contributed by atoms with Crippen molar-refractivity contribution in [2.75, 3.05) is 7.11 Å². The summed E-state index contributed by atoms with van der Waals surface area (Å²) in [5.41, 5.74) is 2.37. The lowest BCUT2D eigenvalue weighted by atomic mass is 10.1. The molecule has 0 aliphatic carbocycles. The first kappa shape index (κ1) is 14.2. The van der Waals surface area contributed by atoms with Crippen molar-refractivity contribution in [2.45, 2.75) is 32.5 Å². The number of benzene rings is 1. The third kappa shape index (κ3) is 3.86. The zero-order valence-electron chi connectivity index (χ0n) is 11.6. The first-order valence-electron chi connectivity index (χ1n) is 6.33. The molecule has 0 aliphatic rings. The van der Waals surface area contributed by atoms with Gasteiger partial charge in [0.05, 0.1) is 12.1 Å². The number of methoxy groups -OCH3 is 1. The summed E-state index contributed by atoms with van der Waals surface area (Å²) in [5, 5.41) is 6.67. The molecule has 0 saturated carbocycles. The maximum Gasteiger partial charge on any atom is 0.112 e. The Morgan fingerprint density at radius 1 is 1.21 bits per heavy atom. The van der Waals surface area contributed by atoms with Gasteiger partial charge < -0.3 is 10.1 Å². The summed E-state index contributed by atoms with van der Waals surface area (Å²) in [4.78, 5) is 4.38. The highest BCUT2D eigenvalue weighted by atomic mass is 32.1. The molecule has 0 aliphatic heterocycles. The zero-order chi connectivity index (χ0) is 13.7. The molecule has 1 aromatic heterocycles. The van der Waals surface area contributed by atoms with Crippen molar-refractivity contribution >= 4 is 11.3 Å². The van der Waals surface area contributed by atoms with E-state index in [2.05, 4.69) is 48.4 Å². The van der Waals surface area contributed by atoms with Crippen molar-refractivity contribution in [1.29, 1.82) is 0 Å². The Kier molecular flexibility index (Phi) is 4.69. The van der Waals surface area contributed by atoms with Gasteiger partial charge in [-0.25, -0.2) is 4.98 Å². The van der Waals surface area contributed by atoms with Gasteiger partial charge in [-0.05, 0) is 25.0 Å². The number of nitrogens with zero attached hydrogens (tertiary/aromatic N) is 1. The average molecular weight is 276 g/mol. The van der Waals surface area contributed by atoms with E-state index < -0.39 is 0 Å². The molecule has 0 amide bonds. The van der Waals surface area contributed by atoms with E-state index in [1.165, 1.54) is 11.1 Å². The Morgan fingerprint density at radius 2 is 1.89 bits per heavy atom. The van der Waals surface area contributed by atoms with Crippen LogP contribution >= 0.6 is 11.3 Å². The van der Waals surface area contributed by atoms with Crippen molar-refractivity contribution < 1.29 is 4.74 Å². The molecule has 19 heavy (non-hydrogen) atoms. The minimum Gasteiger partial charge on any atom is -0.380 e. The second kappa shape index (κ2) is 6.28. The fraction of sp³-hybridized carbons (Fsp3) is 0.400. The predicted octanol–water partition coefficient (Wildman–Crippen LogP) is 3.31. The number of aromatic nitrogens is 1. The fourth-order valence-corrected chi connectivity index (χ4v) is 2.59. The summed E-state index contributed by atoms with van der Waals surface area (Å²) < 4.78 is 5.11. The largest absolute Gasteiger partial charge is 0.380 e. The van der Waals surface area contributed by atoms with Gasteiger partial charge in [-0.1, -0.05) is 24.3 Å². The van der Waals surface area contributed by atoms with E-state index in [4.69, 9.17) is 4.74 Å². The molecular weight excluding hydrogens is 256 g/mol. The molecule has 1 heterocycles. The lowest BCUT2D eigenvalue weighted by molar-refractivity contribution is 0.185. The number of thiazole rings is 1. The van der Waals surface area contributed by atoms with Gasteiger partial charge in [-0.15, -0.1) is 11.3 Å². The molecular formula is C15H20N2OS. The smallest absolute Gasteiger partial charge is 0.112 e. The number of ether oxygens (including phenoxy) is 1. The van der Waals surface area contributed by atoms with Crippen LogP contribution in [0.15, 0.2) is 35.8 Å². The van der Waals surface area contributed by atoms with Crippen LogP contribution in [-0.2, 0) is 23.4 Å². The summed E-state index contributed by atoms with van der Waals surface area (Å²) in [5.74, 6) is 0. The van der Waals surface area contributed by atoms with Crippen molar-refractivity contribution in [1.82, 2.24) is 10.3 Å². The number of hydrogen-bond donors (Lipinski definition) is 1. The van der Waals surface area contributed by atoms with E-state index in [9.17, 15) is 0 Å². The molecule has 2 aromatic rings. The van der Waals surface area contributed by atoms with Crippen molar-refractivity contribution in [3.05, 3.63) is 52.0 Å². The van der Waals surface area contributed by atoms with Gasteiger partial charge in [0.1, 0.15) is 5.01 Å². The normalized spacial score (nSPS) is 11.7. The molecule has 0 fully saturated rings. The van der Waals surface area contributed by atoms with Gasteiger partial charge in [0, 0.05) is 25.2 Å². The van der Waals surface area contributed by atoms with Gasteiger partial charge in [0.25, 0.3) is 0 Å². The van der Waals surface area contributed by atoms with Gasteiger partial charge in [0.15, 0.2) is 0 Å². The van der Waals surface area contributed by atoms with Gasteiger partial charge in [-0.2, -0.15) is 0 Å². The first-order valence-corrected chi connectivity index (χ1v) is 7.21. The van der Waals surface area contributed by atoms with Crippen LogP contribution in [0.5, 0.6) is 0 Å². The lowest BCUT2D eigenvalue weighted by Crippen LogP contribution is -2.35. The molecule has 0 radical (unpaired) electrons. The molecule has 0 saturated heterocycles. The molecule has 102 valence electrons. The molecule has 4 heteroatoms. The molecule has 2 rings (SSSR count). The molecule has 0 unspecified atom stereocenters. The Hall–Kier alpha value is -1.23. The van der Waals surface area contributed by atoms with Crippen molar-refractivity contribution in [2.24, 2.45) is 0 Å². The van der Waals surface area contributed by atoms with Crippen LogP contribution in [0.2, 0.25) is 0 Å². The maximum atomic E-state index is 5.11. The molecule has 1 N–H and O–H groups in total. The van der Waals surface area contributed by atoms with Gasteiger partial charge >= 0.3 is 0 Å². The summed E-state index contributed by atoms with van der Waals surface area (Å²) in [6, 6.07) is 8.49. The minimum absolute atomic E-state index is 0.0978. The van der Waals surface area contributed by atoms with Crippen molar-refractivity contribution in [3.8, 4) is 0 Å². The lowest BCUT2D eigenvalue weighted by Gasteiger charge is -2.24. The third-order valence-electron chi connectivity index (χ3n) is 3.04. The van der Waals surface area contributed by atoms with E-state index in [1.54, 1.807) is 18.4 Å². The first-order chi connectivity index (χ1) is 9.12. The van der Waals surface area contributed by atoms with Crippen molar-refractivity contribution in [3.63, 3.8) is 0 Å². The van der Waals surface area contributed by atoms with E-state index in [1.807, 2.05) is 11.6 Å². The summed E-state index contributed by atoms with van der Waals surface area (Å²) in [6.07, 6.45) is 1.85. The number of nitrogens with one attached hydrogen (secondary N) is 1. The molecule has 0 bridgehead atoms. The van der Waals surface area contributed by atoms with E-state index in [0.29, 0.717) is 6.61 Å². The quantitative estimate of drug-likeness (QED) is 0.879. The minimum atomic E-state index is -0.0978. The van der Waals surface area contributed by atoms with E-state index >= 15 is 0 Å². The van der Waals surface area contributed by atoms with Crippen LogP contribution in [-0.4, -0.2) is 12.1 Å². The number of rotatable bonds is 6. The fourth-order valence-electron chi connectivity index (χ4n) is 1.85. The van der Waals surface area contributed by atoms with Crippen LogP contribution in [0.4, 0.5) is 0 Å². The molecule has 0 atom stereocenters. The monoisotopic (exact) mass is 276 g/mol. The SMILES string of the molecule is COCc1ccc(CNC(C)(C)c2nccs2)cc1. The summed E-state index contributed by atoms with van der Waals surface area (Å²) >= 11 is 1.68. The van der Waals surface area contributed by atoms with Crippen LogP contribution in [0.1, 0.15) is 30.0 Å². The van der Waals surface area contributed by atoms with Crippen LogP contribution in [0.25, 0.3) is 0 Å². The Balaban J connectivity index is 1.95. The zero-order valence-corrected chi connectivity index (χ0v) is 12.5. The topological polar surface area (TPSA) is 34.1 Å². The van der Waals surface area contributed by atoms with E-state index in [0.717, 1.165) is 11.6 Å². The van der Waals surface area contributed by atoms with Gasteiger partial charge in [0.2, 0.25) is 0 Å². The molecule has 3 nitrogen and oxygen atoms in total. The van der Waals surface area contributed by atoms with E-state index in [-0.39, 0.29) is 5.54 Å². The van der Waals surface area contributed by atoms with Crippen LogP contribution in [0, 0.1) is 0 Å². The Morgan fingerprint density at radius 3 is 2.47 bits per heavy atom. The standard InChI is InChI=1S/C15H20N2OS/c1-15(2,14-16-8-9-19-14)17-10-12-4-6-13(7-5-12)11-18-3/h4-9,17H,10-11H2,1-3H3. The Labute approximate surface area is 118 Å². The average Bonchev–Trinajstić information content (AvgIpc) is 2.93. The molecule has 1 aromatic carbocycles. The highest BCUT2D eigenvalue weighted by Gasteiger charge is 2.22. The maximum absolute atomic E-state index is 5.11. The summed E-state index contributed by atoms with van der Waals surface area (Å²) in [7, 11) is 1.71. The Bertz CT molecular complexity index is 491. The number of hydrogen-bond acceptors (Lipinski definition) is 4. The summed E-state index contributed by atoms with van der Waals surface area (Å²) in [6.45, 7) is 5.81. The van der Waals surface area contributed by atoms with Crippen LogP contribution < -0.4 is 5.32 Å².